The van der Waals surface area contributed by atoms with Gasteiger partial charge in [0.2, 0.25) is 5.78 Å². The number of phenolic OH excluding ortho intramolecular Hbond substituents is 1. The summed E-state index contributed by atoms with van der Waals surface area (Å²) in [5.41, 5.74) is -2.22. The molecule has 0 spiro atoms. The second kappa shape index (κ2) is 5.50. The summed E-state index contributed by atoms with van der Waals surface area (Å²) in [5.74, 6) is -3.23. The Kier molecular flexibility index (Phi) is 3.88. The van der Waals surface area contributed by atoms with Crippen molar-refractivity contribution in [1.82, 2.24) is 0 Å². The van der Waals surface area contributed by atoms with Gasteiger partial charge in [-0.1, -0.05) is 18.2 Å². The first kappa shape index (κ1) is 15.5. The van der Waals surface area contributed by atoms with Crippen LogP contribution in [0.25, 0.3) is 6.08 Å². The third-order valence-corrected chi connectivity index (χ3v) is 3.26. The van der Waals surface area contributed by atoms with E-state index in [1.54, 1.807) is 12.1 Å². The molecule has 0 radical (unpaired) electrons. The van der Waals surface area contributed by atoms with Crippen molar-refractivity contribution in [3.63, 3.8) is 0 Å². The summed E-state index contributed by atoms with van der Waals surface area (Å²) in [6.07, 6.45) is 3.28. The molecule has 0 fully saturated rings. The molecule has 22 heavy (non-hydrogen) atoms. The van der Waals surface area contributed by atoms with E-state index in [4.69, 9.17) is 5.11 Å². The van der Waals surface area contributed by atoms with Gasteiger partial charge >= 0.3 is 0 Å². The van der Waals surface area contributed by atoms with Crippen molar-refractivity contribution in [1.29, 1.82) is 0 Å². The first-order valence-electron chi connectivity index (χ1n) is 6.36. The molecule has 114 valence electrons. The van der Waals surface area contributed by atoms with Crippen molar-refractivity contribution >= 4 is 17.6 Å². The summed E-state index contributed by atoms with van der Waals surface area (Å²) in [7, 11) is 0. The second-order valence-electron chi connectivity index (χ2n) is 4.98. The highest BCUT2D eigenvalue weighted by atomic mass is 16.3. The Labute approximate surface area is 126 Å². The molecule has 0 aromatic heterocycles. The van der Waals surface area contributed by atoms with Crippen molar-refractivity contribution < 1.29 is 30.0 Å². The van der Waals surface area contributed by atoms with Gasteiger partial charge in [0.25, 0.3) is 0 Å². The van der Waals surface area contributed by atoms with Gasteiger partial charge in [0, 0.05) is 6.08 Å². The van der Waals surface area contributed by atoms with E-state index in [9.17, 15) is 24.9 Å². The van der Waals surface area contributed by atoms with E-state index in [0.717, 1.165) is 13.0 Å². The Morgan fingerprint density at radius 3 is 2.32 bits per heavy atom. The number of aliphatic hydroxyl groups excluding tert-OH is 2. The fourth-order valence-electron chi connectivity index (χ4n) is 1.90. The standard InChI is InChI=1S/C16H14O6/c1-16(22)13(20)8-12(19)14(15(16)21)11(18)7-4-9-2-5-10(17)6-3-9/h2-8,17-19,22H,1H3/b7-4+,14-11+/t16-/m0/s1. The van der Waals surface area contributed by atoms with Gasteiger partial charge in [0.1, 0.15) is 22.8 Å². The summed E-state index contributed by atoms with van der Waals surface area (Å²) in [6.45, 7) is 0.998. The van der Waals surface area contributed by atoms with Crippen LogP contribution in [-0.4, -0.2) is 37.6 Å². The Morgan fingerprint density at radius 2 is 1.73 bits per heavy atom. The van der Waals surface area contributed by atoms with Crippen LogP contribution >= 0.6 is 0 Å². The highest BCUT2D eigenvalue weighted by Crippen LogP contribution is 2.27. The van der Waals surface area contributed by atoms with Gasteiger partial charge < -0.3 is 20.4 Å². The number of benzene rings is 1. The van der Waals surface area contributed by atoms with Gasteiger partial charge in [0.05, 0.1) is 0 Å². The number of hydrogen-bond donors (Lipinski definition) is 4. The number of ketones is 2. The van der Waals surface area contributed by atoms with E-state index in [0.29, 0.717) is 11.6 Å². The number of carbonyl (C=O) groups excluding carboxylic acids is 2. The topological polar surface area (TPSA) is 115 Å². The maximum Gasteiger partial charge on any atom is 0.209 e. The van der Waals surface area contributed by atoms with E-state index in [1.807, 2.05) is 0 Å². The third-order valence-electron chi connectivity index (χ3n) is 3.26. The van der Waals surface area contributed by atoms with Crippen LogP contribution in [0.15, 0.2) is 53.5 Å². The van der Waals surface area contributed by atoms with E-state index in [1.165, 1.54) is 18.2 Å². The Bertz CT molecular complexity index is 720. The molecule has 4 N–H and O–H groups in total. The van der Waals surface area contributed by atoms with Crippen LogP contribution in [0.3, 0.4) is 0 Å². The number of phenols is 1. The zero-order valence-corrected chi connectivity index (χ0v) is 11.6. The largest absolute Gasteiger partial charge is 0.508 e. The van der Waals surface area contributed by atoms with E-state index >= 15 is 0 Å². The number of carbonyl (C=O) groups is 2. The SMILES string of the molecule is C[C@]1(O)C(=O)C=C(O)/C(=C(O)/C=C/c2ccc(O)cc2)C1=O. The summed E-state index contributed by atoms with van der Waals surface area (Å²) < 4.78 is 0. The molecule has 2 rings (SSSR count). The molecular formula is C16H14O6. The minimum absolute atomic E-state index is 0.0809. The van der Waals surface area contributed by atoms with E-state index < -0.39 is 34.3 Å². The zero-order chi connectivity index (χ0) is 16.5. The van der Waals surface area contributed by atoms with Gasteiger partial charge in [-0.3, -0.25) is 9.59 Å². The first-order valence-corrected chi connectivity index (χ1v) is 6.36. The zero-order valence-electron chi connectivity index (χ0n) is 11.6. The van der Waals surface area contributed by atoms with Gasteiger partial charge in [-0.25, -0.2) is 0 Å². The number of rotatable bonds is 2. The van der Waals surface area contributed by atoms with Crippen LogP contribution < -0.4 is 0 Å². The molecule has 6 heteroatoms. The highest BCUT2D eigenvalue weighted by molar-refractivity contribution is 6.24. The van der Waals surface area contributed by atoms with Crippen LogP contribution in [0.4, 0.5) is 0 Å². The minimum atomic E-state index is -2.32. The van der Waals surface area contributed by atoms with Crippen LogP contribution in [-0.2, 0) is 9.59 Å². The monoisotopic (exact) mass is 302 g/mol. The predicted octanol–water partition coefficient (Wildman–Crippen LogP) is 1.56. The number of aliphatic hydroxyl groups is 3. The summed E-state index contributed by atoms with van der Waals surface area (Å²) >= 11 is 0. The van der Waals surface area contributed by atoms with E-state index in [-0.39, 0.29) is 5.75 Å². The lowest BCUT2D eigenvalue weighted by Crippen LogP contribution is -2.47. The van der Waals surface area contributed by atoms with Gasteiger partial charge in [-0.2, -0.15) is 0 Å². The predicted molar refractivity (Wildman–Crippen MR) is 78.1 cm³/mol. The smallest absolute Gasteiger partial charge is 0.209 e. The normalized spacial score (nSPS) is 24.5. The number of Topliss-reactive ketones (excluding diaryl/α,β-unsaturated/α-hetero) is 1. The fraction of sp³-hybridized carbons (Fsp3) is 0.125. The van der Waals surface area contributed by atoms with Crippen LogP contribution in [0.2, 0.25) is 0 Å². The molecule has 0 unspecified atom stereocenters. The number of aromatic hydroxyl groups is 1. The molecule has 0 amide bonds. The van der Waals surface area contributed by atoms with E-state index in [2.05, 4.69) is 0 Å². The molecule has 1 aromatic carbocycles. The minimum Gasteiger partial charge on any atom is -0.508 e. The molecule has 0 aliphatic heterocycles. The maximum absolute atomic E-state index is 12.0. The molecule has 1 aromatic rings. The quantitative estimate of drug-likeness (QED) is 0.374. The Morgan fingerprint density at radius 1 is 1.14 bits per heavy atom. The van der Waals surface area contributed by atoms with Crippen molar-refractivity contribution in [3.8, 4) is 5.75 Å². The fourth-order valence-corrected chi connectivity index (χ4v) is 1.90. The lowest BCUT2D eigenvalue weighted by molar-refractivity contribution is -0.144. The van der Waals surface area contributed by atoms with Crippen LogP contribution in [0.1, 0.15) is 12.5 Å². The molecule has 1 aliphatic carbocycles. The van der Waals surface area contributed by atoms with Gasteiger partial charge in [-0.15, -0.1) is 0 Å². The Hall–Kier alpha value is -2.86. The third kappa shape index (κ3) is 2.77. The van der Waals surface area contributed by atoms with Gasteiger partial charge in [0.15, 0.2) is 11.4 Å². The second-order valence-corrected chi connectivity index (χ2v) is 4.98. The van der Waals surface area contributed by atoms with Crippen LogP contribution in [0.5, 0.6) is 5.75 Å². The lowest BCUT2D eigenvalue weighted by atomic mass is 9.83. The number of allylic oxidation sites excluding steroid dienone is 2. The van der Waals surface area contributed by atoms with Gasteiger partial charge in [-0.05, 0) is 30.7 Å². The molecule has 1 aliphatic rings. The van der Waals surface area contributed by atoms with Crippen molar-refractivity contribution in [2.75, 3.05) is 0 Å². The molecule has 0 bridgehead atoms. The lowest BCUT2D eigenvalue weighted by Gasteiger charge is -2.24. The average molecular weight is 302 g/mol. The van der Waals surface area contributed by atoms with Crippen molar-refractivity contribution in [2.45, 2.75) is 12.5 Å². The Balaban J connectivity index is 2.40. The van der Waals surface area contributed by atoms with Crippen molar-refractivity contribution in [2.24, 2.45) is 0 Å². The molecule has 1 atom stereocenters. The molecule has 0 heterocycles. The van der Waals surface area contributed by atoms with Crippen LogP contribution in [0, 0.1) is 0 Å². The molecule has 0 saturated heterocycles. The molecule has 0 saturated carbocycles. The molecule has 6 nitrogen and oxygen atoms in total. The first-order chi connectivity index (χ1) is 10.2. The maximum atomic E-state index is 12.0. The summed E-state index contributed by atoms with van der Waals surface area (Å²) in [4.78, 5) is 23.5. The summed E-state index contributed by atoms with van der Waals surface area (Å²) in [5, 5.41) is 38.6. The summed E-state index contributed by atoms with van der Waals surface area (Å²) in [6, 6.07) is 6.02. The highest BCUT2D eigenvalue weighted by Gasteiger charge is 2.45. The molecular weight excluding hydrogens is 288 g/mol. The van der Waals surface area contributed by atoms with Crippen molar-refractivity contribution in [3.05, 3.63) is 59.1 Å². The average Bonchev–Trinajstić information content (AvgIpc) is 2.45. The number of hydrogen-bond acceptors (Lipinski definition) is 6.